The van der Waals surface area contributed by atoms with Crippen LogP contribution in [0.4, 0.5) is 13.2 Å². The van der Waals surface area contributed by atoms with Crippen molar-refractivity contribution in [2.45, 2.75) is 52.0 Å². The highest BCUT2D eigenvalue weighted by atomic mass is 19.1. The minimum absolute atomic E-state index is 0.0225. The second kappa shape index (κ2) is 12.8. The Balaban J connectivity index is 1.21. The maximum atomic E-state index is 15.7. The standard InChI is InChI=1S/C38H36F3N3O/c1-24(2)11-14-31(28-7-6-8-29(39)21-28)32-22-34(41)33(19-25(32)3)38(45)43-17-15-27(16-18-43)37-42-35-9-4-5-10-36(35)44(37)23-26-12-13-30(40)20-26/h4-10,12,14,19,21-22,26-27H,1,11,15-18,20,23H2,2-3H3/b31-14-. The molecule has 1 aliphatic heterocycles. The van der Waals surface area contributed by atoms with Crippen molar-refractivity contribution in [3.05, 3.63) is 136 Å². The van der Waals surface area contributed by atoms with Crippen molar-refractivity contribution in [1.82, 2.24) is 14.5 Å². The smallest absolute Gasteiger partial charge is 0.256 e. The molecule has 4 nitrogen and oxygen atoms in total. The molecule has 2 heterocycles. The topological polar surface area (TPSA) is 38.1 Å². The fourth-order valence-corrected chi connectivity index (χ4v) is 6.47. The second-order valence-corrected chi connectivity index (χ2v) is 12.3. The van der Waals surface area contributed by atoms with Gasteiger partial charge in [0, 0.05) is 37.9 Å². The molecule has 1 fully saturated rings. The third kappa shape index (κ3) is 6.45. The first kappa shape index (κ1) is 30.4. The minimum Gasteiger partial charge on any atom is -0.339 e. The fourth-order valence-electron chi connectivity index (χ4n) is 6.47. The number of hydrogen-bond acceptors (Lipinski definition) is 2. The number of imidazole rings is 1. The third-order valence-corrected chi connectivity index (χ3v) is 8.79. The molecule has 0 saturated carbocycles. The largest absolute Gasteiger partial charge is 0.339 e. The quantitative estimate of drug-likeness (QED) is 0.148. The Bertz CT molecular complexity index is 1890. The van der Waals surface area contributed by atoms with E-state index in [0.29, 0.717) is 62.0 Å². The van der Waals surface area contributed by atoms with Gasteiger partial charge in [0.25, 0.3) is 5.91 Å². The molecule has 2 aliphatic rings. The van der Waals surface area contributed by atoms with Crippen molar-refractivity contribution in [2.24, 2.45) is 5.92 Å². The Morgan fingerprint density at radius 1 is 1.04 bits per heavy atom. The molecule has 1 unspecified atom stereocenters. The van der Waals surface area contributed by atoms with Gasteiger partial charge in [-0.2, -0.15) is 0 Å². The van der Waals surface area contributed by atoms with Gasteiger partial charge in [0.1, 0.15) is 23.3 Å². The number of allylic oxidation sites excluding steroid dienone is 3. The molecule has 0 radical (unpaired) electrons. The Kier molecular flexibility index (Phi) is 8.64. The number of para-hydroxylation sites is 2. The van der Waals surface area contributed by atoms with Gasteiger partial charge in [0.05, 0.1) is 16.6 Å². The van der Waals surface area contributed by atoms with Gasteiger partial charge in [0.2, 0.25) is 0 Å². The summed E-state index contributed by atoms with van der Waals surface area (Å²) in [6.07, 6.45) is 6.00. The predicted octanol–water partition coefficient (Wildman–Crippen LogP) is 9.07. The lowest BCUT2D eigenvalue weighted by Crippen LogP contribution is -2.39. The van der Waals surface area contributed by atoms with Crippen LogP contribution in [-0.2, 0) is 6.54 Å². The molecule has 0 N–H and O–H groups in total. The van der Waals surface area contributed by atoms with E-state index >= 15 is 4.39 Å². The average Bonchev–Trinajstić information content (AvgIpc) is 3.61. The fraction of sp³-hybridized carbons (Fsp3) is 0.289. The summed E-state index contributed by atoms with van der Waals surface area (Å²) in [4.78, 5) is 20.3. The molecule has 1 saturated heterocycles. The van der Waals surface area contributed by atoms with Crippen LogP contribution in [0, 0.1) is 24.5 Å². The highest BCUT2D eigenvalue weighted by molar-refractivity contribution is 5.96. The monoisotopic (exact) mass is 607 g/mol. The molecule has 1 atom stereocenters. The van der Waals surface area contributed by atoms with Crippen LogP contribution in [0.15, 0.2) is 96.5 Å². The second-order valence-electron chi connectivity index (χ2n) is 12.3. The van der Waals surface area contributed by atoms with Crippen molar-refractivity contribution in [3.8, 4) is 0 Å². The maximum absolute atomic E-state index is 15.7. The van der Waals surface area contributed by atoms with Crippen LogP contribution < -0.4 is 0 Å². The lowest BCUT2D eigenvalue weighted by atomic mass is 9.91. The summed E-state index contributed by atoms with van der Waals surface area (Å²) in [5.74, 6) is -0.459. The molecular formula is C38H36F3N3O. The van der Waals surface area contributed by atoms with Gasteiger partial charge in [0.15, 0.2) is 0 Å². The van der Waals surface area contributed by atoms with Crippen LogP contribution in [0.25, 0.3) is 16.6 Å². The Labute approximate surface area is 261 Å². The third-order valence-electron chi connectivity index (χ3n) is 8.79. The average molecular weight is 608 g/mol. The van der Waals surface area contributed by atoms with Crippen LogP contribution in [0.5, 0.6) is 0 Å². The first-order chi connectivity index (χ1) is 21.7. The number of carbonyl (C=O) groups is 1. The number of halogens is 3. The van der Waals surface area contributed by atoms with E-state index in [9.17, 15) is 13.6 Å². The summed E-state index contributed by atoms with van der Waals surface area (Å²) in [6, 6.07) is 17.2. The normalized spacial score (nSPS) is 17.3. The van der Waals surface area contributed by atoms with Gasteiger partial charge in [-0.15, -0.1) is 0 Å². The van der Waals surface area contributed by atoms with Crippen LogP contribution in [-0.4, -0.2) is 33.4 Å². The zero-order chi connectivity index (χ0) is 31.7. The summed E-state index contributed by atoms with van der Waals surface area (Å²) in [5, 5.41) is 0. The summed E-state index contributed by atoms with van der Waals surface area (Å²) >= 11 is 0. The predicted molar refractivity (Wildman–Crippen MR) is 172 cm³/mol. The minimum atomic E-state index is -0.604. The van der Waals surface area contributed by atoms with Crippen LogP contribution in [0.1, 0.15) is 71.4 Å². The molecule has 6 rings (SSSR count). The van der Waals surface area contributed by atoms with Crippen molar-refractivity contribution in [1.29, 1.82) is 0 Å². The maximum Gasteiger partial charge on any atom is 0.256 e. The van der Waals surface area contributed by atoms with E-state index in [1.807, 2.05) is 44.2 Å². The number of amides is 1. The summed E-state index contributed by atoms with van der Waals surface area (Å²) in [7, 11) is 0. The van der Waals surface area contributed by atoms with Crippen molar-refractivity contribution in [2.75, 3.05) is 13.1 Å². The van der Waals surface area contributed by atoms with Crippen LogP contribution >= 0.6 is 0 Å². The van der Waals surface area contributed by atoms with Crippen molar-refractivity contribution < 1.29 is 18.0 Å². The van der Waals surface area contributed by atoms with Crippen molar-refractivity contribution in [3.63, 3.8) is 0 Å². The van der Waals surface area contributed by atoms with E-state index in [-0.39, 0.29) is 35.0 Å². The van der Waals surface area contributed by atoms with Gasteiger partial charge in [-0.1, -0.05) is 48.2 Å². The molecule has 7 heteroatoms. The number of benzene rings is 3. The Morgan fingerprint density at radius 2 is 1.82 bits per heavy atom. The van der Waals surface area contributed by atoms with Gasteiger partial charge >= 0.3 is 0 Å². The number of aromatic nitrogens is 2. The number of hydrogen-bond donors (Lipinski definition) is 0. The first-order valence-corrected chi connectivity index (χ1v) is 15.4. The number of likely N-dealkylation sites (tertiary alicyclic amines) is 1. The van der Waals surface area contributed by atoms with Gasteiger partial charge in [-0.3, -0.25) is 4.79 Å². The first-order valence-electron chi connectivity index (χ1n) is 15.4. The van der Waals surface area contributed by atoms with E-state index in [2.05, 4.69) is 16.9 Å². The number of rotatable bonds is 8. The van der Waals surface area contributed by atoms with E-state index < -0.39 is 5.82 Å². The molecule has 230 valence electrons. The highest BCUT2D eigenvalue weighted by Crippen LogP contribution is 2.34. The summed E-state index contributed by atoms with van der Waals surface area (Å²) in [6.45, 7) is 9.27. The molecule has 1 aromatic heterocycles. The SMILES string of the molecule is C=C(C)C/C=C(/c1cccc(F)c1)c1cc(F)c(C(=O)N2CCC(c3nc4ccccc4n3CC3C=C=C(F)C3)CC2)cc1C. The molecule has 45 heavy (non-hydrogen) atoms. The number of fused-ring (bicyclic) bond motifs is 1. The lowest BCUT2D eigenvalue weighted by Gasteiger charge is -2.32. The zero-order valence-electron chi connectivity index (χ0n) is 25.6. The van der Waals surface area contributed by atoms with E-state index in [4.69, 9.17) is 4.98 Å². The number of carbonyl (C=O) groups excluding carboxylic acids is 1. The molecular weight excluding hydrogens is 571 g/mol. The molecule has 1 amide bonds. The molecule has 0 spiro atoms. The van der Waals surface area contributed by atoms with Crippen molar-refractivity contribution >= 4 is 22.5 Å². The summed E-state index contributed by atoms with van der Waals surface area (Å²) < 4.78 is 45.8. The molecule has 1 aliphatic carbocycles. The number of aryl methyl sites for hydroxylation is 1. The number of nitrogens with zero attached hydrogens (tertiary/aromatic N) is 3. The van der Waals surface area contributed by atoms with E-state index in [0.717, 1.165) is 28.0 Å². The molecule has 0 bridgehead atoms. The van der Waals surface area contributed by atoms with E-state index in [1.165, 1.54) is 18.2 Å². The highest BCUT2D eigenvalue weighted by Gasteiger charge is 2.30. The van der Waals surface area contributed by atoms with Crippen LogP contribution in [0.3, 0.4) is 0 Å². The Hall–Kier alpha value is -4.61. The van der Waals surface area contributed by atoms with Crippen LogP contribution in [0.2, 0.25) is 0 Å². The summed E-state index contributed by atoms with van der Waals surface area (Å²) in [5.41, 5.74) is 8.24. The van der Waals surface area contributed by atoms with Gasteiger partial charge < -0.3 is 9.47 Å². The molecule has 4 aromatic rings. The lowest BCUT2D eigenvalue weighted by molar-refractivity contribution is 0.0705. The van der Waals surface area contributed by atoms with E-state index in [1.54, 1.807) is 29.2 Å². The van der Waals surface area contributed by atoms with Gasteiger partial charge in [-0.05, 0) is 97.8 Å². The molecule has 3 aromatic carbocycles. The Morgan fingerprint density at radius 3 is 2.53 bits per heavy atom. The zero-order valence-corrected chi connectivity index (χ0v) is 25.6. The van der Waals surface area contributed by atoms with Gasteiger partial charge in [-0.25, -0.2) is 18.2 Å². The number of piperidine rings is 1.